The molecule has 1 aromatic carbocycles. The average molecular weight is 349 g/mol. The molecule has 136 valence electrons. The molecule has 2 atom stereocenters. The summed E-state index contributed by atoms with van der Waals surface area (Å²) in [7, 11) is 1.65. The summed E-state index contributed by atoms with van der Waals surface area (Å²) in [5.74, 6) is 0.601. The van der Waals surface area contributed by atoms with Gasteiger partial charge in [0.25, 0.3) is 0 Å². The Hall–Kier alpha value is -1.83. The number of benzene rings is 1. The summed E-state index contributed by atoms with van der Waals surface area (Å²) in [6, 6.07) is 6.10. The molecule has 0 unspecified atom stereocenters. The second kappa shape index (κ2) is 7.59. The third-order valence-electron chi connectivity index (χ3n) is 4.95. The number of ether oxygens (including phenoxy) is 1. The largest absolute Gasteiger partial charge is 0.419 e. The first-order valence-corrected chi connectivity index (χ1v) is 8.52. The quantitative estimate of drug-likeness (QED) is 0.864. The Bertz CT molecular complexity index is 708. The summed E-state index contributed by atoms with van der Waals surface area (Å²) in [6.45, 7) is 4.63. The fraction of sp³-hybridized carbons (Fsp3) is 0.556. The van der Waals surface area contributed by atoms with Crippen molar-refractivity contribution in [2.24, 2.45) is 5.92 Å². The van der Waals surface area contributed by atoms with Crippen molar-refractivity contribution in [2.45, 2.75) is 31.9 Å². The molecule has 0 aliphatic carbocycles. The molecule has 25 heavy (non-hydrogen) atoms. The van der Waals surface area contributed by atoms with Crippen molar-refractivity contribution in [1.29, 1.82) is 0 Å². The molecule has 3 rings (SSSR count). The number of rotatable bonds is 6. The number of methoxy groups -OCH3 is 1. The predicted molar refractivity (Wildman–Crippen MR) is 90.2 cm³/mol. The summed E-state index contributed by atoms with van der Waals surface area (Å²) in [5, 5.41) is 18.8. The first kappa shape index (κ1) is 18.0. The molecule has 1 aliphatic heterocycles. The smallest absolute Gasteiger partial charge is 0.247 e. The fourth-order valence-corrected chi connectivity index (χ4v) is 3.29. The summed E-state index contributed by atoms with van der Waals surface area (Å²) in [4.78, 5) is 2.19. The van der Waals surface area contributed by atoms with Crippen molar-refractivity contribution in [3.05, 3.63) is 36.0 Å². The van der Waals surface area contributed by atoms with Crippen LogP contribution in [0.15, 0.2) is 28.7 Å². The van der Waals surface area contributed by atoms with Crippen LogP contribution in [-0.2, 0) is 11.3 Å². The standard InChI is InChI=1S/C18H24FN3O3/c1-13-11-22(8-6-18(13,23)7-9-24-2)12-16-20-21-17(25-16)14-4-3-5-15(19)10-14/h3-5,10,13,23H,6-9,11-12H2,1-2H3/t13-,18-/m0/s1. The molecule has 7 heteroatoms. The molecule has 1 aromatic heterocycles. The normalized spacial score (nSPS) is 24.6. The van der Waals surface area contributed by atoms with Gasteiger partial charge in [0.05, 0.1) is 12.1 Å². The van der Waals surface area contributed by atoms with E-state index in [9.17, 15) is 9.50 Å². The van der Waals surface area contributed by atoms with E-state index >= 15 is 0 Å². The lowest BCUT2D eigenvalue weighted by molar-refractivity contribution is -0.0837. The summed E-state index contributed by atoms with van der Waals surface area (Å²) < 4.78 is 24.1. The first-order chi connectivity index (χ1) is 12.0. The third-order valence-corrected chi connectivity index (χ3v) is 4.95. The molecule has 0 spiro atoms. The lowest BCUT2D eigenvalue weighted by Gasteiger charge is -2.42. The van der Waals surface area contributed by atoms with E-state index in [2.05, 4.69) is 15.1 Å². The van der Waals surface area contributed by atoms with E-state index in [1.54, 1.807) is 19.2 Å². The second-order valence-electron chi connectivity index (χ2n) is 6.74. The molecule has 2 aromatic rings. The number of aliphatic hydroxyl groups is 1. The van der Waals surface area contributed by atoms with E-state index in [0.717, 1.165) is 13.1 Å². The van der Waals surface area contributed by atoms with Gasteiger partial charge in [0.15, 0.2) is 0 Å². The molecule has 1 aliphatic rings. The van der Waals surface area contributed by atoms with Gasteiger partial charge in [-0.1, -0.05) is 13.0 Å². The van der Waals surface area contributed by atoms with Crippen molar-refractivity contribution < 1.29 is 18.7 Å². The van der Waals surface area contributed by atoms with Gasteiger partial charge in [-0.3, -0.25) is 4.90 Å². The van der Waals surface area contributed by atoms with Gasteiger partial charge in [0.2, 0.25) is 11.8 Å². The van der Waals surface area contributed by atoms with Gasteiger partial charge in [-0.2, -0.15) is 0 Å². The van der Waals surface area contributed by atoms with E-state index < -0.39 is 5.60 Å². The molecule has 2 heterocycles. The fourth-order valence-electron chi connectivity index (χ4n) is 3.29. The number of nitrogens with zero attached hydrogens (tertiary/aromatic N) is 3. The number of aromatic nitrogens is 2. The first-order valence-electron chi connectivity index (χ1n) is 8.52. The molecule has 1 fully saturated rings. The highest BCUT2D eigenvalue weighted by molar-refractivity contribution is 5.52. The maximum Gasteiger partial charge on any atom is 0.247 e. The zero-order valence-corrected chi connectivity index (χ0v) is 14.6. The van der Waals surface area contributed by atoms with Crippen LogP contribution >= 0.6 is 0 Å². The molecule has 1 saturated heterocycles. The Balaban J connectivity index is 1.61. The number of likely N-dealkylation sites (tertiary alicyclic amines) is 1. The summed E-state index contributed by atoms with van der Waals surface area (Å²) in [6.07, 6.45) is 1.32. The minimum absolute atomic E-state index is 0.127. The minimum atomic E-state index is -0.686. The number of halogens is 1. The molecule has 0 radical (unpaired) electrons. The maximum atomic E-state index is 13.3. The summed E-state index contributed by atoms with van der Waals surface area (Å²) >= 11 is 0. The zero-order chi connectivity index (χ0) is 17.9. The van der Waals surface area contributed by atoms with Crippen LogP contribution in [0.5, 0.6) is 0 Å². The number of piperidine rings is 1. The van der Waals surface area contributed by atoms with Gasteiger partial charge in [0, 0.05) is 32.4 Å². The minimum Gasteiger partial charge on any atom is -0.419 e. The molecule has 0 amide bonds. The van der Waals surface area contributed by atoms with Crippen LogP contribution in [-0.4, -0.2) is 52.6 Å². The van der Waals surface area contributed by atoms with Gasteiger partial charge in [-0.25, -0.2) is 4.39 Å². The zero-order valence-electron chi connectivity index (χ0n) is 14.6. The van der Waals surface area contributed by atoms with Crippen LogP contribution in [0, 0.1) is 11.7 Å². The summed E-state index contributed by atoms with van der Waals surface area (Å²) in [5.41, 5.74) is -0.117. The van der Waals surface area contributed by atoms with Crippen molar-refractivity contribution >= 4 is 0 Å². The Kier molecular flexibility index (Phi) is 5.46. The van der Waals surface area contributed by atoms with Crippen LogP contribution in [0.1, 0.15) is 25.7 Å². The monoisotopic (exact) mass is 349 g/mol. The van der Waals surface area contributed by atoms with Gasteiger partial charge < -0.3 is 14.3 Å². The lowest BCUT2D eigenvalue weighted by Crippen LogP contribution is -2.51. The molecule has 1 N–H and O–H groups in total. The molecular formula is C18H24FN3O3. The van der Waals surface area contributed by atoms with Crippen molar-refractivity contribution in [3.8, 4) is 11.5 Å². The van der Waals surface area contributed by atoms with Crippen LogP contribution in [0.25, 0.3) is 11.5 Å². The van der Waals surface area contributed by atoms with Gasteiger partial charge in [-0.15, -0.1) is 10.2 Å². The van der Waals surface area contributed by atoms with Crippen molar-refractivity contribution in [2.75, 3.05) is 26.8 Å². The molecule has 0 saturated carbocycles. The van der Waals surface area contributed by atoms with Gasteiger partial charge >= 0.3 is 0 Å². The SMILES string of the molecule is COCC[C@@]1(O)CCN(Cc2nnc(-c3cccc(F)c3)o2)C[C@@H]1C. The van der Waals surface area contributed by atoms with Crippen LogP contribution in [0.3, 0.4) is 0 Å². The molecular weight excluding hydrogens is 325 g/mol. The van der Waals surface area contributed by atoms with Crippen LogP contribution in [0.4, 0.5) is 4.39 Å². The van der Waals surface area contributed by atoms with E-state index in [-0.39, 0.29) is 11.7 Å². The van der Waals surface area contributed by atoms with Crippen LogP contribution < -0.4 is 0 Å². The Morgan fingerprint density at radius 3 is 3.00 bits per heavy atom. The topological polar surface area (TPSA) is 71.6 Å². The third kappa shape index (κ3) is 4.23. The highest BCUT2D eigenvalue weighted by atomic mass is 19.1. The molecule has 0 bridgehead atoms. The van der Waals surface area contributed by atoms with Crippen molar-refractivity contribution in [1.82, 2.24) is 15.1 Å². The average Bonchev–Trinajstić information content (AvgIpc) is 3.05. The van der Waals surface area contributed by atoms with E-state index in [0.29, 0.717) is 43.3 Å². The van der Waals surface area contributed by atoms with Crippen LogP contribution in [0.2, 0.25) is 0 Å². The molecule has 6 nitrogen and oxygen atoms in total. The van der Waals surface area contributed by atoms with Gasteiger partial charge in [0.1, 0.15) is 5.82 Å². The predicted octanol–water partition coefficient (Wildman–Crippen LogP) is 2.49. The Morgan fingerprint density at radius 1 is 1.44 bits per heavy atom. The van der Waals surface area contributed by atoms with E-state index in [4.69, 9.17) is 9.15 Å². The van der Waals surface area contributed by atoms with E-state index in [1.165, 1.54) is 12.1 Å². The lowest BCUT2D eigenvalue weighted by atomic mass is 9.80. The second-order valence-corrected chi connectivity index (χ2v) is 6.74. The Labute approximate surface area is 146 Å². The van der Waals surface area contributed by atoms with Crippen molar-refractivity contribution in [3.63, 3.8) is 0 Å². The number of hydrogen-bond donors (Lipinski definition) is 1. The Morgan fingerprint density at radius 2 is 2.28 bits per heavy atom. The highest BCUT2D eigenvalue weighted by Gasteiger charge is 2.38. The van der Waals surface area contributed by atoms with E-state index in [1.807, 2.05) is 6.92 Å². The highest BCUT2D eigenvalue weighted by Crippen LogP contribution is 2.31. The van der Waals surface area contributed by atoms with Gasteiger partial charge in [-0.05, 0) is 37.0 Å². The number of hydrogen-bond acceptors (Lipinski definition) is 6. The maximum absolute atomic E-state index is 13.3.